The molecule has 2 atom stereocenters. The molecular formula is C12H21N3O. The zero-order valence-corrected chi connectivity index (χ0v) is 10.1. The zero-order valence-electron chi connectivity index (χ0n) is 10.1. The van der Waals surface area contributed by atoms with Gasteiger partial charge in [-0.1, -0.05) is 13.3 Å². The van der Waals surface area contributed by atoms with Crippen molar-refractivity contribution in [1.82, 2.24) is 9.78 Å². The molecule has 90 valence electrons. The molecule has 0 amide bonds. The number of rotatable bonds is 3. The first-order valence-corrected chi connectivity index (χ1v) is 6.13. The summed E-state index contributed by atoms with van der Waals surface area (Å²) in [6.07, 6.45) is 6.60. The summed E-state index contributed by atoms with van der Waals surface area (Å²) < 4.78 is 7.71. The van der Waals surface area contributed by atoms with Gasteiger partial charge in [0.15, 0.2) is 0 Å². The molecule has 1 aliphatic rings. The van der Waals surface area contributed by atoms with Gasteiger partial charge in [-0.05, 0) is 26.2 Å². The van der Waals surface area contributed by atoms with E-state index in [-0.39, 0.29) is 0 Å². The highest BCUT2D eigenvalue weighted by molar-refractivity contribution is 5.37. The number of anilines is 1. The number of aryl methyl sites for hydroxylation is 1. The van der Waals surface area contributed by atoms with Gasteiger partial charge in [0, 0.05) is 12.2 Å². The molecule has 0 saturated carbocycles. The number of aromatic nitrogens is 2. The molecule has 1 fully saturated rings. The van der Waals surface area contributed by atoms with Crippen molar-refractivity contribution >= 4 is 5.82 Å². The van der Waals surface area contributed by atoms with E-state index < -0.39 is 0 Å². The molecule has 2 N–H and O–H groups in total. The molecule has 1 aromatic rings. The minimum absolute atomic E-state index is 0.382. The van der Waals surface area contributed by atoms with Gasteiger partial charge < -0.3 is 10.5 Å². The van der Waals surface area contributed by atoms with E-state index in [2.05, 4.69) is 12.0 Å². The fourth-order valence-electron chi connectivity index (χ4n) is 2.35. The monoisotopic (exact) mass is 223 g/mol. The molecule has 0 radical (unpaired) electrons. The van der Waals surface area contributed by atoms with Crippen molar-refractivity contribution in [2.45, 2.75) is 51.7 Å². The van der Waals surface area contributed by atoms with E-state index in [9.17, 15) is 0 Å². The third-order valence-electron chi connectivity index (χ3n) is 3.32. The molecule has 0 aliphatic carbocycles. The Morgan fingerprint density at radius 2 is 2.44 bits per heavy atom. The highest BCUT2D eigenvalue weighted by Crippen LogP contribution is 2.29. The second-order valence-corrected chi connectivity index (χ2v) is 4.62. The summed E-state index contributed by atoms with van der Waals surface area (Å²) in [4.78, 5) is 0. The Labute approximate surface area is 96.8 Å². The van der Waals surface area contributed by atoms with Gasteiger partial charge in [0.2, 0.25) is 0 Å². The van der Waals surface area contributed by atoms with Crippen molar-refractivity contribution in [3.8, 4) is 0 Å². The summed E-state index contributed by atoms with van der Waals surface area (Å²) >= 11 is 0. The van der Waals surface area contributed by atoms with E-state index in [0.29, 0.717) is 12.1 Å². The molecule has 1 aromatic heterocycles. The van der Waals surface area contributed by atoms with Crippen LogP contribution < -0.4 is 5.73 Å². The first-order chi connectivity index (χ1) is 7.72. The van der Waals surface area contributed by atoms with Crippen LogP contribution in [0.5, 0.6) is 0 Å². The summed E-state index contributed by atoms with van der Waals surface area (Å²) in [5.41, 5.74) is 7.08. The van der Waals surface area contributed by atoms with Crippen molar-refractivity contribution in [2.24, 2.45) is 0 Å². The van der Waals surface area contributed by atoms with Gasteiger partial charge in [0.25, 0.3) is 0 Å². The minimum Gasteiger partial charge on any atom is -0.384 e. The molecule has 16 heavy (non-hydrogen) atoms. The normalized spacial score (nSPS) is 25.9. The molecule has 1 saturated heterocycles. The van der Waals surface area contributed by atoms with Crippen molar-refractivity contribution in [1.29, 1.82) is 0 Å². The first kappa shape index (κ1) is 11.5. The number of ether oxygens (including phenoxy) is 1. The summed E-state index contributed by atoms with van der Waals surface area (Å²) in [6.45, 7) is 5.02. The lowest BCUT2D eigenvalue weighted by Gasteiger charge is -2.30. The van der Waals surface area contributed by atoms with Crippen molar-refractivity contribution < 1.29 is 4.74 Å². The van der Waals surface area contributed by atoms with Crippen LogP contribution in [-0.2, 0) is 4.74 Å². The van der Waals surface area contributed by atoms with Gasteiger partial charge in [-0.25, -0.2) is 4.68 Å². The second kappa shape index (κ2) is 4.87. The molecule has 2 unspecified atom stereocenters. The molecule has 4 heteroatoms. The van der Waals surface area contributed by atoms with Gasteiger partial charge in [0.05, 0.1) is 18.3 Å². The van der Waals surface area contributed by atoms with E-state index in [0.717, 1.165) is 37.3 Å². The van der Waals surface area contributed by atoms with Gasteiger partial charge in [0.1, 0.15) is 5.82 Å². The first-order valence-electron chi connectivity index (χ1n) is 6.13. The standard InChI is InChI=1S/C12H21N3O/c1-3-4-11-7-10(5-6-16-11)15-12(13)9(2)8-14-15/h8,10-11H,3-7,13H2,1-2H3. The van der Waals surface area contributed by atoms with Crippen LogP contribution in [0, 0.1) is 6.92 Å². The Kier molecular flexibility index (Phi) is 3.49. The summed E-state index contributed by atoms with van der Waals surface area (Å²) in [7, 11) is 0. The maximum absolute atomic E-state index is 6.01. The van der Waals surface area contributed by atoms with Crippen molar-refractivity contribution in [2.75, 3.05) is 12.3 Å². The number of nitrogens with zero attached hydrogens (tertiary/aromatic N) is 2. The Morgan fingerprint density at radius 1 is 1.62 bits per heavy atom. The molecular weight excluding hydrogens is 202 g/mol. The van der Waals surface area contributed by atoms with Gasteiger partial charge in [-0.3, -0.25) is 0 Å². The molecule has 0 spiro atoms. The molecule has 4 nitrogen and oxygen atoms in total. The second-order valence-electron chi connectivity index (χ2n) is 4.62. The SMILES string of the molecule is CCCC1CC(n2ncc(C)c2N)CCO1. The molecule has 1 aliphatic heterocycles. The van der Waals surface area contributed by atoms with Crippen LogP contribution in [0.2, 0.25) is 0 Å². The molecule has 2 heterocycles. The number of hydrogen-bond donors (Lipinski definition) is 1. The third kappa shape index (κ3) is 2.21. The third-order valence-corrected chi connectivity index (χ3v) is 3.32. The fourth-order valence-corrected chi connectivity index (χ4v) is 2.35. The predicted octanol–water partition coefficient (Wildman–Crippen LogP) is 2.29. The maximum Gasteiger partial charge on any atom is 0.124 e. The number of hydrogen-bond acceptors (Lipinski definition) is 3. The molecule has 2 rings (SSSR count). The van der Waals surface area contributed by atoms with E-state index in [4.69, 9.17) is 10.5 Å². The summed E-state index contributed by atoms with van der Waals surface area (Å²) in [6, 6.07) is 0.416. The van der Waals surface area contributed by atoms with Gasteiger partial charge >= 0.3 is 0 Å². The summed E-state index contributed by atoms with van der Waals surface area (Å²) in [5, 5.41) is 4.37. The Hall–Kier alpha value is -1.03. The fraction of sp³-hybridized carbons (Fsp3) is 0.750. The highest BCUT2D eigenvalue weighted by Gasteiger charge is 2.25. The zero-order chi connectivity index (χ0) is 11.5. The molecule has 0 aromatic carbocycles. The lowest BCUT2D eigenvalue weighted by molar-refractivity contribution is -0.0119. The molecule has 0 bridgehead atoms. The average Bonchev–Trinajstić information content (AvgIpc) is 2.61. The van der Waals surface area contributed by atoms with E-state index in [1.807, 2.05) is 17.8 Å². The lowest BCUT2D eigenvalue weighted by atomic mass is 10.0. The Balaban J connectivity index is 2.06. The quantitative estimate of drug-likeness (QED) is 0.855. The highest BCUT2D eigenvalue weighted by atomic mass is 16.5. The van der Waals surface area contributed by atoms with Crippen LogP contribution in [0.15, 0.2) is 6.20 Å². The van der Waals surface area contributed by atoms with Crippen molar-refractivity contribution in [3.63, 3.8) is 0 Å². The lowest BCUT2D eigenvalue weighted by Crippen LogP contribution is -2.28. The predicted molar refractivity (Wildman–Crippen MR) is 64.3 cm³/mol. The maximum atomic E-state index is 6.01. The topological polar surface area (TPSA) is 53.1 Å². The van der Waals surface area contributed by atoms with E-state index >= 15 is 0 Å². The van der Waals surface area contributed by atoms with Gasteiger partial charge in [-0.15, -0.1) is 0 Å². The van der Waals surface area contributed by atoms with E-state index in [1.165, 1.54) is 6.42 Å². The average molecular weight is 223 g/mol. The van der Waals surface area contributed by atoms with E-state index in [1.54, 1.807) is 0 Å². The summed E-state index contributed by atoms with van der Waals surface area (Å²) in [5.74, 6) is 0.808. The van der Waals surface area contributed by atoms with Crippen LogP contribution in [0.25, 0.3) is 0 Å². The number of nitrogen functional groups attached to an aromatic ring is 1. The smallest absolute Gasteiger partial charge is 0.124 e. The van der Waals surface area contributed by atoms with Crippen LogP contribution in [0.4, 0.5) is 5.82 Å². The van der Waals surface area contributed by atoms with Crippen LogP contribution >= 0.6 is 0 Å². The Bertz CT molecular complexity index is 346. The van der Waals surface area contributed by atoms with Crippen molar-refractivity contribution in [3.05, 3.63) is 11.8 Å². The van der Waals surface area contributed by atoms with Crippen LogP contribution in [0.1, 0.15) is 44.2 Å². The van der Waals surface area contributed by atoms with Crippen LogP contribution in [-0.4, -0.2) is 22.5 Å². The van der Waals surface area contributed by atoms with Gasteiger partial charge in [-0.2, -0.15) is 5.10 Å². The van der Waals surface area contributed by atoms with Crippen LogP contribution in [0.3, 0.4) is 0 Å². The Morgan fingerprint density at radius 3 is 3.06 bits per heavy atom. The minimum atomic E-state index is 0.382. The largest absolute Gasteiger partial charge is 0.384 e. The number of nitrogens with two attached hydrogens (primary N) is 1.